The fourth-order valence-corrected chi connectivity index (χ4v) is 2.49. The molecule has 0 heteroatoms. The van der Waals surface area contributed by atoms with Gasteiger partial charge in [0.15, 0.2) is 0 Å². The summed E-state index contributed by atoms with van der Waals surface area (Å²) in [6, 6.07) is 8.86. The van der Waals surface area contributed by atoms with Crippen LogP contribution in [0.15, 0.2) is 36.4 Å². The van der Waals surface area contributed by atoms with Crippen molar-refractivity contribution < 1.29 is 0 Å². The minimum absolute atomic E-state index is 0.196. The Morgan fingerprint density at radius 2 is 1.80 bits per heavy atom. The quantitative estimate of drug-likeness (QED) is 0.594. The van der Waals surface area contributed by atoms with E-state index >= 15 is 0 Å². The molecule has 1 aliphatic rings. The fourth-order valence-electron chi connectivity index (χ4n) is 2.49. The molecule has 0 fully saturated rings. The largest absolute Gasteiger partial charge is 0.0799 e. The van der Waals surface area contributed by atoms with Gasteiger partial charge in [-0.05, 0) is 17.0 Å². The Morgan fingerprint density at radius 1 is 1.13 bits per heavy atom. The van der Waals surface area contributed by atoms with Crippen LogP contribution < -0.4 is 0 Å². The molecule has 0 amide bonds. The average molecular weight is 200 g/mol. The summed E-state index contributed by atoms with van der Waals surface area (Å²) in [5.74, 6) is 1.27. The van der Waals surface area contributed by atoms with E-state index in [0.717, 1.165) is 0 Å². The Labute approximate surface area is 93.0 Å². The molecule has 1 aliphatic carbocycles. The third-order valence-electron chi connectivity index (χ3n) is 3.45. The van der Waals surface area contributed by atoms with E-state index in [1.807, 2.05) is 0 Å². The van der Waals surface area contributed by atoms with Gasteiger partial charge < -0.3 is 0 Å². The van der Waals surface area contributed by atoms with Gasteiger partial charge in [0.05, 0.1) is 0 Å². The van der Waals surface area contributed by atoms with Gasteiger partial charge in [-0.25, -0.2) is 0 Å². The lowest BCUT2D eigenvalue weighted by Crippen LogP contribution is -2.23. The second-order valence-corrected chi connectivity index (χ2v) is 5.44. The third-order valence-corrected chi connectivity index (χ3v) is 3.45. The first-order valence-corrected chi connectivity index (χ1v) is 5.81. The van der Waals surface area contributed by atoms with E-state index in [1.165, 1.54) is 11.1 Å². The monoisotopic (exact) mass is 200 g/mol. The second kappa shape index (κ2) is 3.52. The summed E-state index contributed by atoms with van der Waals surface area (Å²) in [7, 11) is 0. The molecule has 80 valence electrons. The van der Waals surface area contributed by atoms with E-state index in [-0.39, 0.29) is 5.41 Å². The van der Waals surface area contributed by atoms with Gasteiger partial charge in [-0.1, -0.05) is 64.1 Å². The highest BCUT2D eigenvalue weighted by molar-refractivity contribution is 5.44. The Balaban J connectivity index is 2.55. The first-order valence-electron chi connectivity index (χ1n) is 5.81. The van der Waals surface area contributed by atoms with Crippen molar-refractivity contribution in [3.63, 3.8) is 0 Å². The van der Waals surface area contributed by atoms with Crippen LogP contribution in [0.2, 0.25) is 0 Å². The van der Waals surface area contributed by atoms with Gasteiger partial charge in [-0.3, -0.25) is 0 Å². The standard InChI is InChI=1S/C15H20/c1-11(2)12-9-10-15(3,4)14-8-6-5-7-13(12)14/h5-12H,1-4H3. The van der Waals surface area contributed by atoms with Crippen LogP contribution in [0.5, 0.6) is 0 Å². The lowest BCUT2D eigenvalue weighted by atomic mass is 9.71. The van der Waals surface area contributed by atoms with Crippen molar-refractivity contribution in [3.05, 3.63) is 47.5 Å². The summed E-state index contributed by atoms with van der Waals surface area (Å²) in [5.41, 5.74) is 3.20. The highest BCUT2D eigenvalue weighted by Gasteiger charge is 2.28. The van der Waals surface area contributed by atoms with Gasteiger partial charge in [-0.2, -0.15) is 0 Å². The maximum atomic E-state index is 2.38. The summed E-state index contributed by atoms with van der Waals surface area (Å²) in [5, 5.41) is 0. The van der Waals surface area contributed by atoms with Crippen LogP contribution in [-0.2, 0) is 5.41 Å². The van der Waals surface area contributed by atoms with Gasteiger partial charge in [-0.15, -0.1) is 0 Å². The highest BCUT2D eigenvalue weighted by atomic mass is 14.3. The minimum atomic E-state index is 0.196. The van der Waals surface area contributed by atoms with Gasteiger partial charge in [0, 0.05) is 11.3 Å². The molecular weight excluding hydrogens is 180 g/mol. The molecule has 0 saturated carbocycles. The van der Waals surface area contributed by atoms with Crippen molar-refractivity contribution in [3.8, 4) is 0 Å². The predicted molar refractivity (Wildman–Crippen MR) is 66.2 cm³/mol. The number of fused-ring (bicyclic) bond motifs is 1. The van der Waals surface area contributed by atoms with E-state index in [9.17, 15) is 0 Å². The van der Waals surface area contributed by atoms with E-state index < -0.39 is 0 Å². The van der Waals surface area contributed by atoms with Crippen molar-refractivity contribution in [1.82, 2.24) is 0 Å². The Hall–Kier alpha value is -1.04. The van der Waals surface area contributed by atoms with Crippen LogP contribution in [0.1, 0.15) is 44.7 Å². The van der Waals surface area contributed by atoms with Crippen LogP contribution in [-0.4, -0.2) is 0 Å². The van der Waals surface area contributed by atoms with Gasteiger partial charge in [0.1, 0.15) is 0 Å². The summed E-state index contributed by atoms with van der Waals surface area (Å²) in [6.45, 7) is 9.17. The summed E-state index contributed by atoms with van der Waals surface area (Å²) < 4.78 is 0. The lowest BCUT2D eigenvalue weighted by molar-refractivity contribution is 0.534. The zero-order valence-electron chi connectivity index (χ0n) is 10.1. The molecule has 1 aromatic carbocycles. The summed E-state index contributed by atoms with van der Waals surface area (Å²) >= 11 is 0. The molecule has 0 radical (unpaired) electrons. The van der Waals surface area contributed by atoms with Crippen LogP contribution in [0.3, 0.4) is 0 Å². The maximum Gasteiger partial charge on any atom is 0.00784 e. The van der Waals surface area contributed by atoms with Crippen molar-refractivity contribution in [2.24, 2.45) is 5.92 Å². The molecule has 0 heterocycles. The van der Waals surface area contributed by atoms with Crippen molar-refractivity contribution in [1.29, 1.82) is 0 Å². The first-order chi connectivity index (χ1) is 7.02. The number of benzene rings is 1. The molecule has 0 aromatic heterocycles. The van der Waals surface area contributed by atoms with Crippen LogP contribution >= 0.6 is 0 Å². The third kappa shape index (κ3) is 1.73. The smallest absolute Gasteiger partial charge is 0.00784 e. The summed E-state index contributed by atoms with van der Waals surface area (Å²) in [4.78, 5) is 0. The van der Waals surface area contributed by atoms with E-state index in [4.69, 9.17) is 0 Å². The fraction of sp³-hybridized carbons (Fsp3) is 0.467. The zero-order chi connectivity index (χ0) is 11.1. The van der Waals surface area contributed by atoms with E-state index in [2.05, 4.69) is 64.1 Å². The van der Waals surface area contributed by atoms with Gasteiger partial charge >= 0.3 is 0 Å². The molecule has 1 aromatic rings. The number of rotatable bonds is 1. The van der Waals surface area contributed by atoms with Crippen LogP contribution in [0.25, 0.3) is 0 Å². The lowest BCUT2D eigenvalue weighted by Gasteiger charge is -2.33. The number of hydrogen-bond acceptors (Lipinski definition) is 0. The van der Waals surface area contributed by atoms with Crippen molar-refractivity contribution in [2.45, 2.75) is 39.0 Å². The molecule has 0 spiro atoms. The molecule has 1 atom stereocenters. The van der Waals surface area contributed by atoms with E-state index in [0.29, 0.717) is 11.8 Å². The Bertz CT molecular complexity index is 383. The van der Waals surface area contributed by atoms with Crippen molar-refractivity contribution in [2.75, 3.05) is 0 Å². The first kappa shape index (κ1) is 10.5. The molecule has 2 rings (SSSR count). The second-order valence-electron chi connectivity index (χ2n) is 5.44. The Morgan fingerprint density at radius 3 is 2.47 bits per heavy atom. The maximum absolute atomic E-state index is 2.38. The molecule has 1 unspecified atom stereocenters. The molecule has 15 heavy (non-hydrogen) atoms. The molecule has 0 saturated heterocycles. The average Bonchev–Trinajstić information content (AvgIpc) is 2.17. The molecule has 0 nitrogen and oxygen atoms in total. The minimum Gasteiger partial charge on any atom is -0.0799 e. The van der Waals surface area contributed by atoms with Crippen LogP contribution in [0, 0.1) is 5.92 Å². The normalized spacial score (nSPS) is 22.9. The molecular formula is C15H20. The van der Waals surface area contributed by atoms with Gasteiger partial charge in [0.2, 0.25) is 0 Å². The molecule has 0 N–H and O–H groups in total. The van der Waals surface area contributed by atoms with Crippen molar-refractivity contribution >= 4 is 0 Å². The molecule has 0 aliphatic heterocycles. The number of allylic oxidation sites excluding steroid dienone is 2. The highest BCUT2D eigenvalue weighted by Crippen LogP contribution is 2.40. The molecule has 0 bridgehead atoms. The van der Waals surface area contributed by atoms with E-state index in [1.54, 1.807) is 0 Å². The summed E-state index contributed by atoms with van der Waals surface area (Å²) in [6.07, 6.45) is 4.74. The van der Waals surface area contributed by atoms with Crippen LogP contribution in [0.4, 0.5) is 0 Å². The SMILES string of the molecule is CC(C)C1C=CC(C)(C)c2ccccc21. The Kier molecular flexibility index (Phi) is 2.46. The number of hydrogen-bond donors (Lipinski definition) is 0. The van der Waals surface area contributed by atoms with Gasteiger partial charge in [0.25, 0.3) is 0 Å². The zero-order valence-corrected chi connectivity index (χ0v) is 10.1. The topological polar surface area (TPSA) is 0 Å². The predicted octanol–water partition coefficient (Wildman–Crippen LogP) is 4.27.